The van der Waals surface area contributed by atoms with Crippen LogP contribution in [0.15, 0.2) is 111 Å². The second-order valence-electron chi connectivity index (χ2n) is 16.4. The summed E-state index contributed by atoms with van der Waals surface area (Å²) in [5.74, 6) is -4.43. The Hall–Kier alpha value is -8.50. The van der Waals surface area contributed by atoms with Crippen molar-refractivity contribution in [3.8, 4) is 0 Å². The molecule has 0 radical (unpaired) electrons. The molecule has 5 amide bonds. The first kappa shape index (κ1) is 51.5. The van der Waals surface area contributed by atoms with Crippen molar-refractivity contribution in [1.82, 2.24) is 36.6 Å². The summed E-state index contributed by atoms with van der Waals surface area (Å²) in [5.41, 5.74) is 42.0. The number of primary amides is 1. The van der Waals surface area contributed by atoms with Gasteiger partial charge in [0.2, 0.25) is 29.5 Å². The molecule has 5 rings (SSSR count). The molecular formula is C46H63N17O6. The van der Waals surface area contributed by atoms with E-state index in [2.05, 4.69) is 51.5 Å². The van der Waals surface area contributed by atoms with Gasteiger partial charge in [-0.2, -0.15) is 0 Å². The topological polar surface area (TPSA) is 417 Å². The van der Waals surface area contributed by atoms with E-state index in [1.165, 1.54) is 0 Å². The van der Waals surface area contributed by atoms with Crippen LogP contribution < -0.4 is 66.7 Å². The number of nitrogens with one attached hydrogen (secondary N) is 7. The van der Waals surface area contributed by atoms with E-state index in [1.807, 2.05) is 60.7 Å². The number of aliphatic imine (C=N–C) groups is 3. The van der Waals surface area contributed by atoms with Gasteiger partial charge < -0.3 is 81.8 Å². The number of nitrogens with zero attached hydrogens (tertiary/aromatic N) is 3. The third kappa shape index (κ3) is 16.4. The maximum atomic E-state index is 14.7. The number of aromatic amines is 2. The Balaban J connectivity index is 1.45. The highest BCUT2D eigenvalue weighted by Gasteiger charge is 2.33. The summed E-state index contributed by atoms with van der Waals surface area (Å²) < 4.78 is 0. The molecule has 1 aliphatic rings. The summed E-state index contributed by atoms with van der Waals surface area (Å²) in [5, 5.41) is 26.6. The molecule has 0 spiro atoms. The minimum atomic E-state index is -1.32. The molecular weight excluding hydrogens is 887 g/mol. The van der Waals surface area contributed by atoms with Crippen LogP contribution in [0.3, 0.4) is 0 Å². The van der Waals surface area contributed by atoms with Gasteiger partial charge in [-0.05, 0) is 85.7 Å². The van der Waals surface area contributed by atoms with Crippen molar-refractivity contribution in [3.63, 3.8) is 0 Å². The third-order valence-electron chi connectivity index (χ3n) is 11.0. The van der Waals surface area contributed by atoms with Crippen LogP contribution in [0.1, 0.15) is 49.9 Å². The number of carbonyl (C=O) groups excluding carboxylic acids is 5. The lowest BCUT2D eigenvalue weighted by molar-refractivity contribution is -0.134. The number of hydrogen-bond donors (Lipinski definition) is 15. The van der Waals surface area contributed by atoms with Crippen LogP contribution in [-0.4, -0.2) is 112 Å². The molecule has 69 heavy (non-hydrogen) atoms. The summed E-state index contributed by atoms with van der Waals surface area (Å²) in [6.07, 6.45) is 7.66. The molecule has 4 aromatic rings. The van der Waals surface area contributed by atoms with Gasteiger partial charge in [0.25, 0.3) is 0 Å². The van der Waals surface area contributed by atoms with Crippen LogP contribution in [0.2, 0.25) is 0 Å². The van der Waals surface area contributed by atoms with Gasteiger partial charge in [0.1, 0.15) is 30.2 Å². The molecule has 0 saturated heterocycles. The average molecular weight is 950 g/mol. The van der Waals surface area contributed by atoms with E-state index in [9.17, 15) is 29.1 Å². The van der Waals surface area contributed by atoms with E-state index in [-0.39, 0.29) is 81.9 Å². The minimum absolute atomic E-state index is 0.0196. The van der Waals surface area contributed by atoms with Gasteiger partial charge in [0, 0.05) is 60.5 Å². The van der Waals surface area contributed by atoms with E-state index in [0.717, 1.165) is 21.8 Å². The molecule has 368 valence electrons. The van der Waals surface area contributed by atoms with E-state index < -0.39 is 59.7 Å². The Morgan fingerprint density at radius 1 is 0.507 bits per heavy atom. The van der Waals surface area contributed by atoms with Crippen molar-refractivity contribution < 1.29 is 29.1 Å². The van der Waals surface area contributed by atoms with E-state index in [1.54, 1.807) is 24.3 Å². The Labute approximate surface area is 398 Å². The van der Waals surface area contributed by atoms with Gasteiger partial charge in [0.15, 0.2) is 23.8 Å². The lowest BCUT2D eigenvalue weighted by Gasteiger charge is -2.27. The molecule has 2 aromatic heterocycles. The van der Waals surface area contributed by atoms with Gasteiger partial charge in [-0.3, -0.25) is 38.9 Å². The zero-order valence-electron chi connectivity index (χ0n) is 38.1. The standard InChI is InChI=1S/C46H63N17O6/c47-38(64)33(16-7-19-54-44(48)49)59-42(68)36(24-29-22-27-12-3-5-14-31(27)57-29)62-41(67)35(18-9-21-56-46(52)53)61-43(69)37(25-30-23-28-13-4-6-15-32(28)58-30)63-40(66)34(17-8-20-55-45(50)51)60-39(65)26-10-1-2-11-26/h1-6,10-15,22-23,33-37,57-58,60,65H,7-9,16-21,24-25H2,(H2,47,64)(H,59,68)(H,61,69)(H,62,67)(H,63,66)(H4,48,49,54)(H4,50,51,55)(H4,52,53,56)/t33-,34-,35-,36-,37-/m0/s1. The molecule has 0 fully saturated rings. The van der Waals surface area contributed by atoms with E-state index in [0.29, 0.717) is 29.8 Å². The molecule has 0 aliphatic heterocycles. The Morgan fingerprint density at radius 2 is 0.870 bits per heavy atom. The molecule has 0 bridgehead atoms. The lowest BCUT2D eigenvalue weighted by Crippen LogP contribution is -2.59. The monoisotopic (exact) mass is 950 g/mol. The van der Waals surface area contributed by atoms with Gasteiger partial charge in [-0.1, -0.05) is 48.6 Å². The second kappa shape index (κ2) is 25.4. The fourth-order valence-corrected chi connectivity index (χ4v) is 7.55. The quantitative estimate of drug-likeness (QED) is 0.0146. The first-order valence-corrected chi connectivity index (χ1v) is 22.4. The fraction of sp³-hybridized carbons (Fsp3) is 0.348. The molecule has 2 heterocycles. The zero-order valence-corrected chi connectivity index (χ0v) is 38.1. The molecule has 5 atom stereocenters. The SMILES string of the molecule is NC(=O)[C@H](CCCN=C(N)N)NC(=O)[C@H](Cc1cc2ccccc2[nH]1)NC(=O)[C@H](CCCN=C(N)N)NC(=O)[C@H](Cc1cc2ccccc2[nH]1)NC(=O)[C@H](CCCN=C(N)N)NC(O)=C1C=CC=C1. The largest absolute Gasteiger partial charge is 0.494 e. The predicted octanol–water partition coefficient (Wildman–Crippen LogP) is -1.13. The van der Waals surface area contributed by atoms with Crippen LogP contribution in [0.5, 0.6) is 0 Å². The smallest absolute Gasteiger partial charge is 0.243 e. The van der Waals surface area contributed by atoms with Crippen molar-refractivity contribution in [2.24, 2.45) is 55.1 Å². The molecule has 2 aromatic carbocycles. The Kier molecular flexibility index (Phi) is 19.0. The summed E-state index contributed by atoms with van der Waals surface area (Å²) >= 11 is 0. The van der Waals surface area contributed by atoms with Crippen molar-refractivity contribution in [2.75, 3.05) is 19.6 Å². The number of guanidine groups is 3. The number of rotatable bonds is 27. The molecule has 23 heteroatoms. The van der Waals surface area contributed by atoms with Gasteiger partial charge in [0.05, 0.1) is 0 Å². The first-order valence-electron chi connectivity index (χ1n) is 22.4. The number of fused-ring (bicyclic) bond motifs is 2. The lowest BCUT2D eigenvalue weighted by atomic mass is 10.0. The number of aliphatic hydroxyl groups is 1. The van der Waals surface area contributed by atoms with Crippen LogP contribution in [0, 0.1) is 0 Å². The molecule has 0 unspecified atom stereocenters. The van der Waals surface area contributed by atoms with Crippen molar-refractivity contribution in [1.29, 1.82) is 0 Å². The third-order valence-corrected chi connectivity index (χ3v) is 11.0. The maximum absolute atomic E-state index is 14.7. The summed E-state index contributed by atoms with van der Waals surface area (Å²) in [6, 6.07) is 12.4. The Morgan fingerprint density at radius 3 is 1.28 bits per heavy atom. The molecule has 1 aliphatic carbocycles. The number of benzene rings is 2. The van der Waals surface area contributed by atoms with Crippen molar-refractivity contribution >= 4 is 69.2 Å². The number of nitrogens with two attached hydrogens (primary N) is 7. The highest BCUT2D eigenvalue weighted by atomic mass is 16.3. The average Bonchev–Trinajstić information content (AvgIpc) is 4.09. The number of H-pyrrole nitrogens is 2. The van der Waals surface area contributed by atoms with E-state index >= 15 is 0 Å². The van der Waals surface area contributed by atoms with Crippen LogP contribution in [-0.2, 0) is 36.8 Å². The van der Waals surface area contributed by atoms with E-state index in [4.69, 9.17) is 40.1 Å². The number of aliphatic hydroxyl groups excluding tert-OH is 1. The maximum Gasteiger partial charge on any atom is 0.243 e. The fourth-order valence-electron chi connectivity index (χ4n) is 7.55. The minimum Gasteiger partial charge on any atom is -0.494 e. The normalized spacial score (nSPS) is 13.9. The summed E-state index contributed by atoms with van der Waals surface area (Å²) in [6.45, 7) is 0.446. The molecule has 0 saturated carbocycles. The second-order valence-corrected chi connectivity index (χ2v) is 16.4. The number of hydrogen-bond acceptors (Lipinski definition) is 10. The highest BCUT2D eigenvalue weighted by molar-refractivity contribution is 5.96. The number of amides is 5. The predicted molar refractivity (Wildman–Crippen MR) is 266 cm³/mol. The number of allylic oxidation sites excluding steroid dienone is 5. The first-order chi connectivity index (χ1) is 33.1. The Bertz CT molecular complexity index is 2540. The number of carbonyl (C=O) groups is 5. The van der Waals surface area contributed by atoms with Gasteiger partial charge in [-0.15, -0.1) is 0 Å². The van der Waals surface area contributed by atoms with Crippen molar-refractivity contribution in [3.05, 3.63) is 108 Å². The number of para-hydroxylation sites is 2. The van der Waals surface area contributed by atoms with Crippen molar-refractivity contribution in [2.45, 2.75) is 81.6 Å². The number of aromatic nitrogens is 2. The van der Waals surface area contributed by atoms with Crippen LogP contribution in [0.25, 0.3) is 21.8 Å². The molecule has 22 N–H and O–H groups in total. The van der Waals surface area contributed by atoms with Gasteiger partial charge >= 0.3 is 0 Å². The van der Waals surface area contributed by atoms with Gasteiger partial charge in [-0.25, -0.2) is 0 Å². The summed E-state index contributed by atoms with van der Waals surface area (Å²) in [4.78, 5) is 88.6. The van der Waals surface area contributed by atoms with Crippen LogP contribution >= 0.6 is 0 Å². The zero-order chi connectivity index (χ0) is 49.9. The summed E-state index contributed by atoms with van der Waals surface area (Å²) in [7, 11) is 0. The van der Waals surface area contributed by atoms with Crippen LogP contribution in [0.4, 0.5) is 0 Å². The molecule has 23 nitrogen and oxygen atoms in total. The highest BCUT2D eigenvalue weighted by Crippen LogP contribution is 2.19.